The smallest absolute Gasteiger partial charge is 0.339 e. The van der Waals surface area contributed by atoms with Crippen molar-refractivity contribution in [2.45, 2.75) is 44.7 Å². The normalized spacial score (nSPS) is 12.1. The Morgan fingerprint density at radius 3 is 2.29 bits per heavy atom. The number of halogens is 1. The first-order valence-corrected chi connectivity index (χ1v) is 12.3. The largest absolute Gasteiger partial charge is 0.379 e. The molecule has 184 valence electrons. The van der Waals surface area contributed by atoms with Crippen LogP contribution in [-0.4, -0.2) is 30.2 Å². The molecule has 3 aromatic rings. The van der Waals surface area contributed by atoms with Crippen LogP contribution in [0.3, 0.4) is 0 Å². The molecule has 0 fully saturated rings. The number of rotatable bonds is 9. The van der Waals surface area contributed by atoms with Gasteiger partial charge in [0.15, 0.2) is 0 Å². The van der Waals surface area contributed by atoms with Crippen LogP contribution in [-0.2, 0) is 16.7 Å². The van der Waals surface area contributed by atoms with E-state index >= 15 is 0 Å². The van der Waals surface area contributed by atoms with E-state index in [9.17, 15) is 27.7 Å². The fourth-order valence-electron chi connectivity index (χ4n) is 3.38. The highest BCUT2D eigenvalue weighted by Crippen LogP contribution is 2.24. The zero-order valence-corrected chi connectivity index (χ0v) is 20.3. The Balaban J connectivity index is 1.80. The summed E-state index contributed by atoms with van der Waals surface area (Å²) in [6, 6.07) is 14.7. The van der Waals surface area contributed by atoms with Crippen LogP contribution >= 0.6 is 0 Å². The third kappa shape index (κ3) is 6.21. The molecule has 0 spiro atoms. The summed E-state index contributed by atoms with van der Waals surface area (Å²) in [4.78, 5) is 25.5. The second-order valence-electron chi connectivity index (χ2n) is 8.08. The standard InChI is InChI=1S/C25H25FN2O6S/c1-4-18(3)27(25(29)20-8-5-17(2)24(15-20)28(30)31)16-19-6-11-22(12-7-19)34-35(32,33)23-13-9-21(26)10-14-23/h5-15,18H,4,16H2,1-3H3. The van der Waals surface area contributed by atoms with Gasteiger partial charge < -0.3 is 9.08 Å². The van der Waals surface area contributed by atoms with Crippen molar-refractivity contribution in [2.75, 3.05) is 0 Å². The summed E-state index contributed by atoms with van der Waals surface area (Å²) in [7, 11) is -4.13. The van der Waals surface area contributed by atoms with E-state index in [0.29, 0.717) is 17.5 Å². The van der Waals surface area contributed by atoms with E-state index in [1.165, 1.54) is 18.2 Å². The van der Waals surface area contributed by atoms with E-state index in [1.807, 2.05) is 13.8 Å². The van der Waals surface area contributed by atoms with Gasteiger partial charge in [0, 0.05) is 29.8 Å². The Labute approximate surface area is 203 Å². The summed E-state index contributed by atoms with van der Waals surface area (Å²) in [5.74, 6) is -0.843. The third-order valence-corrected chi connectivity index (χ3v) is 6.88. The molecule has 0 saturated heterocycles. The lowest BCUT2D eigenvalue weighted by Gasteiger charge is -2.29. The van der Waals surface area contributed by atoms with Crippen molar-refractivity contribution >= 4 is 21.7 Å². The van der Waals surface area contributed by atoms with Crippen LogP contribution < -0.4 is 4.18 Å². The fraction of sp³-hybridized carbons (Fsp3) is 0.240. The molecule has 0 N–H and O–H groups in total. The molecule has 3 rings (SSSR count). The fourth-order valence-corrected chi connectivity index (χ4v) is 4.31. The maximum absolute atomic E-state index is 13.2. The molecule has 1 atom stereocenters. The average molecular weight is 501 g/mol. The Kier molecular flexibility index (Phi) is 7.85. The number of aryl methyl sites for hydroxylation is 1. The molecule has 8 nitrogen and oxygen atoms in total. The molecule has 0 aliphatic heterocycles. The summed E-state index contributed by atoms with van der Waals surface area (Å²) < 4.78 is 43.0. The number of carbonyl (C=O) groups excluding carboxylic acids is 1. The number of amides is 1. The summed E-state index contributed by atoms with van der Waals surface area (Å²) >= 11 is 0. The zero-order valence-electron chi connectivity index (χ0n) is 19.5. The van der Waals surface area contributed by atoms with Gasteiger partial charge in [-0.15, -0.1) is 0 Å². The summed E-state index contributed by atoms with van der Waals surface area (Å²) in [5, 5.41) is 11.3. The first kappa shape index (κ1) is 25.8. The molecule has 0 aliphatic carbocycles. The minimum Gasteiger partial charge on any atom is -0.379 e. The number of nitrogens with zero attached hydrogens (tertiary/aromatic N) is 2. The predicted molar refractivity (Wildman–Crippen MR) is 128 cm³/mol. The van der Waals surface area contributed by atoms with Crippen molar-refractivity contribution in [1.82, 2.24) is 4.90 Å². The highest BCUT2D eigenvalue weighted by Gasteiger charge is 2.24. The molecule has 3 aromatic carbocycles. The van der Waals surface area contributed by atoms with E-state index in [1.54, 1.807) is 36.1 Å². The van der Waals surface area contributed by atoms with Crippen LogP contribution in [0.5, 0.6) is 5.75 Å². The van der Waals surface area contributed by atoms with Crippen molar-refractivity contribution in [3.8, 4) is 5.75 Å². The first-order valence-electron chi connectivity index (χ1n) is 10.9. The number of carbonyl (C=O) groups is 1. The summed E-state index contributed by atoms with van der Waals surface area (Å²) in [6.45, 7) is 5.63. The van der Waals surface area contributed by atoms with Gasteiger partial charge in [0.05, 0.1) is 4.92 Å². The highest BCUT2D eigenvalue weighted by molar-refractivity contribution is 7.87. The SMILES string of the molecule is CCC(C)N(Cc1ccc(OS(=O)(=O)c2ccc(F)cc2)cc1)C(=O)c1ccc(C)c([N+](=O)[O-])c1. The topological polar surface area (TPSA) is 107 Å². The molecule has 1 amide bonds. The number of hydrogen-bond donors (Lipinski definition) is 0. The lowest BCUT2D eigenvalue weighted by molar-refractivity contribution is -0.385. The minimum atomic E-state index is -4.13. The molecule has 0 saturated carbocycles. The van der Waals surface area contributed by atoms with E-state index in [-0.39, 0.29) is 40.4 Å². The van der Waals surface area contributed by atoms with Crippen molar-refractivity contribution in [1.29, 1.82) is 0 Å². The third-order valence-electron chi connectivity index (χ3n) is 5.62. The maximum atomic E-state index is 13.2. The van der Waals surface area contributed by atoms with Gasteiger partial charge in [-0.05, 0) is 68.3 Å². The minimum absolute atomic E-state index is 0.0636. The lowest BCUT2D eigenvalue weighted by atomic mass is 10.1. The van der Waals surface area contributed by atoms with Crippen molar-refractivity contribution in [3.05, 3.63) is 99.4 Å². The van der Waals surface area contributed by atoms with Gasteiger partial charge in [0.25, 0.3) is 11.6 Å². The van der Waals surface area contributed by atoms with E-state index < -0.39 is 20.9 Å². The lowest BCUT2D eigenvalue weighted by Crippen LogP contribution is -2.37. The Hall–Kier alpha value is -3.79. The van der Waals surface area contributed by atoms with Gasteiger partial charge in [-0.2, -0.15) is 8.42 Å². The van der Waals surface area contributed by atoms with Gasteiger partial charge in [-0.3, -0.25) is 14.9 Å². The average Bonchev–Trinajstić information content (AvgIpc) is 2.83. The first-order chi connectivity index (χ1) is 16.5. The number of benzene rings is 3. The molecule has 0 radical (unpaired) electrons. The molecule has 0 bridgehead atoms. The van der Waals surface area contributed by atoms with Gasteiger partial charge >= 0.3 is 10.1 Å². The van der Waals surface area contributed by atoms with E-state index in [4.69, 9.17) is 4.18 Å². The van der Waals surface area contributed by atoms with Crippen LogP contribution in [0.15, 0.2) is 71.6 Å². The van der Waals surface area contributed by atoms with Crippen molar-refractivity contribution in [3.63, 3.8) is 0 Å². The molecular weight excluding hydrogens is 475 g/mol. The van der Waals surface area contributed by atoms with Gasteiger partial charge in [-0.1, -0.05) is 25.1 Å². The molecule has 1 unspecified atom stereocenters. The Morgan fingerprint density at radius 1 is 1.09 bits per heavy atom. The number of nitro benzene ring substituents is 1. The molecule has 0 aromatic heterocycles. The van der Waals surface area contributed by atoms with Crippen molar-refractivity contribution in [2.24, 2.45) is 0 Å². The van der Waals surface area contributed by atoms with Crippen LogP contribution in [0.4, 0.5) is 10.1 Å². The van der Waals surface area contributed by atoms with Crippen LogP contribution in [0, 0.1) is 22.9 Å². The maximum Gasteiger partial charge on any atom is 0.339 e. The van der Waals surface area contributed by atoms with Crippen LogP contribution in [0.25, 0.3) is 0 Å². The molecule has 10 heteroatoms. The number of nitro groups is 1. The quantitative estimate of drug-likeness (QED) is 0.226. The molecular formula is C25H25FN2O6S. The molecule has 0 aliphatic rings. The van der Waals surface area contributed by atoms with Crippen LogP contribution in [0.1, 0.15) is 41.8 Å². The van der Waals surface area contributed by atoms with Gasteiger partial charge in [0.1, 0.15) is 16.5 Å². The van der Waals surface area contributed by atoms with E-state index in [0.717, 1.165) is 24.3 Å². The van der Waals surface area contributed by atoms with E-state index in [2.05, 4.69) is 0 Å². The second-order valence-corrected chi connectivity index (χ2v) is 9.63. The zero-order chi connectivity index (χ0) is 25.8. The Bertz CT molecular complexity index is 1330. The highest BCUT2D eigenvalue weighted by atomic mass is 32.2. The van der Waals surface area contributed by atoms with Gasteiger partial charge in [0.2, 0.25) is 0 Å². The molecule has 35 heavy (non-hydrogen) atoms. The second kappa shape index (κ2) is 10.6. The summed E-state index contributed by atoms with van der Waals surface area (Å²) in [6.07, 6.45) is 0.663. The predicted octanol–water partition coefficient (Wildman–Crippen LogP) is 5.25. The monoisotopic (exact) mass is 500 g/mol. The molecule has 0 heterocycles. The van der Waals surface area contributed by atoms with Crippen molar-refractivity contribution < 1.29 is 26.7 Å². The van der Waals surface area contributed by atoms with Crippen LogP contribution in [0.2, 0.25) is 0 Å². The Morgan fingerprint density at radius 2 is 1.71 bits per heavy atom. The van der Waals surface area contributed by atoms with Gasteiger partial charge in [-0.25, -0.2) is 4.39 Å². The summed E-state index contributed by atoms with van der Waals surface area (Å²) in [5.41, 5.74) is 1.27. The number of hydrogen-bond acceptors (Lipinski definition) is 6.